The molecule has 1 aliphatic heterocycles. The minimum absolute atomic E-state index is 0.136. The van der Waals surface area contributed by atoms with Gasteiger partial charge in [-0.3, -0.25) is 20.8 Å². The molecule has 1 amide bonds. The van der Waals surface area contributed by atoms with Gasteiger partial charge in [-0.15, -0.1) is 0 Å². The third-order valence-electron chi connectivity index (χ3n) is 3.49. The third kappa shape index (κ3) is 2.50. The van der Waals surface area contributed by atoms with Crippen LogP contribution in [0.15, 0.2) is 18.2 Å². The number of nitrogen functional groups attached to an aromatic ring is 1. The van der Waals surface area contributed by atoms with Crippen molar-refractivity contribution in [3.8, 4) is 0 Å². The van der Waals surface area contributed by atoms with Crippen LogP contribution in [0.5, 0.6) is 0 Å². The van der Waals surface area contributed by atoms with Crippen molar-refractivity contribution in [3.05, 3.63) is 28.3 Å². The van der Waals surface area contributed by atoms with E-state index >= 15 is 0 Å². The van der Waals surface area contributed by atoms with E-state index in [4.69, 9.17) is 11.6 Å². The molecule has 8 heteroatoms. The number of hydrazine groups is 1. The number of amides is 1. The Balaban J connectivity index is 2.50. The van der Waals surface area contributed by atoms with E-state index in [-0.39, 0.29) is 11.4 Å². The molecule has 1 aliphatic rings. The van der Waals surface area contributed by atoms with Crippen LogP contribution >= 0.6 is 0 Å². The van der Waals surface area contributed by atoms with Gasteiger partial charge in [0, 0.05) is 6.54 Å². The Morgan fingerprint density at radius 1 is 1.45 bits per heavy atom. The summed E-state index contributed by atoms with van der Waals surface area (Å²) in [4.78, 5) is 24.0. The molecule has 0 aliphatic carbocycles. The van der Waals surface area contributed by atoms with Crippen molar-refractivity contribution in [2.24, 2.45) is 11.6 Å². The van der Waals surface area contributed by atoms with E-state index in [1.54, 1.807) is 17.0 Å². The van der Waals surface area contributed by atoms with E-state index in [1.807, 2.05) is 0 Å². The van der Waals surface area contributed by atoms with Gasteiger partial charge in [0.1, 0.15) is 17.4 Å². The highest BCUT2D eigenvalue weighted by Gasteiger charge is 2.32. The van der Waals surface area contributed by atoms with Gasteiger partial charge in [-0.1, -0.05) is 6.07 Å². The summed E-state index contributed by atoms with van der Waals surface area (Å²) in [6, 6.07) is 4.27. The Hall–Kier alpha value is -2.35. The first-order valence-electron chi connectivity index (χ1n) is 6.36. The molecule has 108 valence electrons. The first kappa shape index (κ1) is 14.1. The number of carbonyl (C=O) groups is 1. The fourth-order valence-corrected chi connectivity index (χ4v) is 2.59. The Morgan fingerprint density at radius 2 is 2.20 bits per heavy atom. The van der Waals surface area contributed by atoms with Crippen molar-refractivity contribution in [3.63, 3.8) is 0 Å². The number of piperidine rings is 1. The third-order valence-corrected chi connectivity index (χ3v) is 3.49. The largest absolute Gasteiger partial charge is 0.368 e. The number of nitro benzene ring substituents is 1. The molecule has 1 atom stereocenters. The number of nitro groups is 1. The van der Waals surface area contributed by atoms with Gasteiger partial charge in [0.2, 0.25) is 5.91 Å². The van der Waals surface area contributed by atoms with Gasteiger partial charge in [-0.05, 0) is 31.4 Å². The predicted octanol–water partition coefficient (Wildman–Crippen LogP) is 0.725. The van der Waals surface area contributed by atoms with Gasteiger partial charge in [0.15, 0.2) is 0 Å². The predicted molar refractivity (Wildman–Crippen MR) is 75.1 cm³/mol. The number of rotatable bonds is 4. The second-order valence-electron chi connectivity index (χ2n) is 4.68. The molecule has 0 radical (unpaired) electrons. The number of nitrogens with one attached hydrogen (secondary N) is 1. The lowest BCUT2D eigenvalue weighted by Crippen LogP contribution is -2.48. The Labute approximate surface area is 115 Å². The quantitative estimate of drug-likeness (QED) is 0.423. The van der Waals surface area contributed by atoms with Crippen LogP contribution in [0.2, 0.25) is 0 Å². The maximum Gasteiger partial charge on any atom is 0.316 e. The Morgan fingerprint density at radius 3 is 2.80 bits per heavy atom. The summed E-state index contributed by atoms with van der Waals surface area (Å²) in [6.07, 6.45) is 2.35. The van der Waals surface area contributed by atoms with Gasteiger partial charge in [0.05, 0.1) is 4.92 Å². The number of hydrogen-bond acceptors (Lipinski definition) is 6. The van der Waals surface area contributed by atoms with E-state index in [0.717, 1.165) is 12.8 Å². The number of carbonyl (C=O) groups excluding carboxylic acids is 1. The van der Waals surface area contributed by atoms with Crippen LogP contribution in [0.4, 0.5) is 17.1 Å². The topological polar surface area (TPSA) is 128 Å². The number of nitrogens with two attached hydrogens (primary N) is 2. The lowest BCUT2D eigenvalue weighted by Gasteiger charge is -2.35. The highest BCUT2D eigenvalue weighted by atomic mass is 16.6. The normalized spacial score (nSPS) is 18.6. The number of nitrogens with zero attached hydrogens (tertiary/aromatic N) is 2. The lowest BCUT2D eigenvalue weighted by atomic mass is 10.00. The average Bonchev–Trinajstić information content (AvgIpc) is 2.46. The first-order valence-corrected chi connectivity index (χ1v) is 6.36. The summed E-state index contributed by atoms with van der Waals surface area (Å²) < 4.78 is 0. The molecule has 0 spiro atoms. The second-order valence-corrected chi connectivity index (χ2v) is 4.68. The summed E-state index contributed by atoms with van der Waals surface area (Å²) in [6.45, 7) is 0.558. The maximum absolute atomic E-state index is 11.5. The fourth-order valence-electron chi connectivity index (χ4n) is 2.59. The van der Waals surface area contributed by atoms with Crippen molar-refractivity contribution in [1.29, 1.82) is 0 Å². The standard InChI is InChI=1S/C12H17N5O3/c13-12(18)10-5-1-2-7-16(10)9-6-3-4-8(15-14)11(9)17(19)20/h3-4,6,10,15H,1-2,5,7,14H2,(H2,13,18). The molecule has 8 nitrogen and oxygen atoms in total. The molecule has 2 rings (SSSR count). The highest BCUT2D eigenvalue weighted by molar-refractivity contribution is 5.87. The van der Waals surface area contributed by atoms with E-state index in [9.17, 15) is 14.9 Å². The lowest BCUT2D eigenvalue weighted by molar-refractivity contribution is -0.383. The monoisotopic (exact) mass is 279 g/mol. The molecule has 0 bridgehead atoms. The zero-order chi connectivity index (χ0) is 14.7. The Kier molecular flexibility index (Phi) is 4.04. The zero-order valence-electron chi connectivity index (χ0n) is 10.9. The summed E-state index contributed by atoms with van der Waals surface area (Å²) in [5, 5.41) is 11.3. The molecule has 1 fully saturated rings. The molecule has 5 N–H and O–H groups in total. The van der Waals surface area contributed by atoms with E-state index in [2.05, 4.69) is 5.43 Å². The molecule has 20 heavy (non-hydrogen) atoms. The molecule has 1 aromatic carbocycles. The van der Waals surface area contributed by atoms with Crippen molar-refractivity contribution in [2.75, 3.05) is 16.9 Å². The molecule has 1 heterocycles. The number of hydrogen-bond donors (Lipinski definition) is 3. The molecular weight excluding hydrogens is 262 g/mol. The summed E-state index contributed by atoms with van der Waals surface area (Å²) in [5.74, 6) is 4.85. The zero-order valence-corrected chi connectivity index (χ0v) is 10.9. The van der Waals surface area contributed by atoms with Crippen LogP contribution in [0, 0.1) is 10.1 Å². The van der Waals surface area contributed by atoms with Crippen molar-refractivity contribution >= 4 is 23.0 Å². The highest BCUT2D eigenvalue weighted by Crippen LogP contribution is 2.37. The molecule has 0 saturated carbocycles. The van der Waals surface area contributed by atoms with Crippen molar-refractivity contribution in [2.45, 2.75) is 25.3 Å². The van der Waals surface area contributed by atoms with Gasteiger partial charge < -0.3 is 16.1 Å². The van der Waals surface area contributed by atoms with E-state index in [1.165, 1.54) is 6.07 Å². The van der Waals surface area contributed by atoms with Crippen LogP contribution < -0.4 is 21.9 Å². The van der Waals surface area contributed by atoms with Gasteiger partial charge in [-0.2, -0.15) is 0 Å². The van der Waals surface area contributed by atoms with Crippen molar-refractivity contribution < 1.29 is 9.72 Å². The van der Waals surface area contributed by atoms with Crippen LogP contribution in [-0.2, 0) is 4.79 Å². The summed E-state index contributed by atoms with van der Waals surface area (Å²) in [5.41, 5.74) is 8.16. The van der Waals surface area contributed by atoms with Crippen LogP contribution in [0.1, 0.15) is 19.3 Å². The molecule has 1 aromatic rings. The van der Waals surface area contributed by atoms with E-state index in [0.29, 0.717) is 18.7 Å². The number of para-hydroxylation sites is 1. The fraction of sp³-hybridized carbons (Fsp3) is 0.417. The first-order chi connectivity index (χ1) is 9.56. The molecule has 1 saturated heterocycles. The van der Waals surface area contributed by atoms with Gasteiger partial charge in [0.25, 0.3) is 0 Å². The molecular formula is C12H17N5O3. The van der Waals surface area contributed by atoms with Crippen LogP contribution in [0.3, 0.4) is 0 Å². The molecule has 0 aromatic heterocycles. The van der Waals surface area contributed by atoms with Crippen molar-refractivity contribution in [1.82, 2.24) is 0 Å². The average molecular weight is 279 g/mol. The number of primary amides is 1. The molecule has 1 unspecified atom stereocenters. The maximum atomic E-state index is 11.5. The number of anilines is 2. The second kappa shape index (κ2) is 5.74. The Bertz CT molecular complexity index is 534. The summed E-state index contributed by atoms with van der Waals surface area (Å²) in [7, 11) is 0. The minimum Gasteiger partial charge on any atom is -0.368 e. The van der Waals surface area contributed by atoms with Gasteiger partial charge in [-0.25, -0.2) is 0 Å². The number of benzene rings is 1. The smallest absolute Gasteiger partial charge is 0.316 e. The summed E-state index contributed by atoms with van der Waals surface area (Å²) >= 11 is 0. The van der Waals surface area contributed by atoms with Crippen LogP contribution in [0.25, 0.3) is 0 Å². The minimum atomic E-state index is -0.518. The van der Waals surface area contributed by atoms with E-state index < -0.39 is 16.9 Å². The SMILES string of the molecule is NNc1cccc(N2CCCCC2C(N)=O)c1[N+](=O)[O-]. The van der Waals surface area contributed by atoms with Gasteiger partial charge >= 0.3 is 5.69 Å². The van der Waals surface area contributed by atoms with Crippen LogP contribution in [-0.4, -0.2) is 23.4 Å².